The summed E-state index contributed by atoms with van der Waals surface area (Å²) in [5.41, 5.74) is 0. The molecule has 0 spiro atoms. The van der Waals surface area contributed by atoms with Crippen LogP contribution >= 0.6 is 0 Å². The van der Waals surface area contributed by atoms with E-state index in [2.05, 4.69) is 10.1 Å². The molecule has 1 aliphatic rings. The zero-order valence-corrected chi connectivity index (χ0v) is 13.1. The average molecular weight is 351 g/mol. The molecule has 0 aromatic heterocycles. The van der Waals surface area contributed by atoms with Crippen molar-refractivity contribution in [2.45, 2.75) is 56.5 Å². The lowest BCUT2D eigenvalue weighted by atomic mass is 9.88. The number of nitrogens with one attached hydrogen (secondary N) is 1. The summed E-state index contributed by atoms with van der Waals surface area (Å²) >= 11 is 0. The highest BCUT2D eigenvalue weighted by atomic mass is 16.7. The van der Waals surface area contributed by atoms with Crippen LogP contribution in [0.3, 0.4) is 0 Å². The molecular weight excluding hydrogens is 330 g/mol. The van der Waals surface area contributed by atoms with E-state index in [9.17, 15) is 34.8 Å². The summed E-state index contributed by atoms with van der Waals surface area (Å²) in [6.07, 6.45) is -7.61. The van der Waals surface area contributed by atoms with Crippen LogP contribution in [0.5, 0.6) is 0 Å². The van der Waals surface area contributed by atoms with Gasteiger partial charge in [-0.1, -0.05) is 0 Å². The fraction of sp³-hybridized carbons (Fsp3) is 0.769. The summed E-state index contributed by atoms with van der Waals surface area (Å²) in [6.45, 7) is 1.55. The summed E-state index contributed by atoms with van der Waals surface area (Å²) in [6, 6.07) is -1.30. The molecule has 3 unspecified atom stereocenters. The molecule has 11 nitrogen and oxygen atoms in total. The van der Waals surface area contributed by atoms with Gasteiger partial charge in [0.1, 0.15) is 24.9 Å². The third kappa shape index (κ3) is 4.85. The maximum atomic E-state index is 11.2. The molecule has 0 bridgehead atoms. The number of aliphatic hydroxyl groups excluding tert-OH is 3. The number of aliphatic carboxylic acids is 1. The Bertz CT molecular complexity index is 497. The number of hydrogen-bond donors (Lipinski definition) is 6. The monoisotopic (exact) mass is 351 g/mol. The van der Waals surface area contributed by atoms with Gasteiger partial charge >= 0.3 is 11.9 Å². The lowest BCUT2D eigenvalue weighted by Gasteiger charge is -2.44. The minimum Gasteiger partial charge on any atom is -0.477 e. The van der Waals surface area contributed by atoms with Crippen molar-refractivity contribution in [1.82, 2.24) is 5.32 Å². The van der Waals surface area contributed by atoms with Gasteiger partial charge in [-0.05, 0) is 0 Å². The number of rotatable bonds is 6. The molecule has 0 radical (unpaired) electrons. The molecule has 0 aliphatic carbocycles. The van der Waals surface area contributed by atoms with Crippen molar-refractivity contribution in [3.8, 4) is 0 Å². The Balaban J connectivity index is 3.01. The molecule has 1 saturated heterocycles. The van der Waals surface area contributed by atoms with Crippen LogP contribution in [0.2, 0.25) is 0 Å². The molecule has 0 aromatic rings. The number of carboxylic acid groups (broad SMARTS) is 1. The fourth-order valence-corrected chi connectivity index (χ4v) is 2.33. The Morgan fingerprint density at radius 2 is 1.92 bits per heavy atom. The maximum Gasteiger partial charge on any atom is 0.364 e. The second-order valence-electron chi connectivity index (χ2n) is 5.53. The SMILES string of the molecule is CC(=O)N[C@@H]1[C@@H](O)CC(O)(C(=O)O)O[C@H]1C(O)C(O)COC(C)=O. The van der Waals surface area contributed by atoms with E-state index in [4.69, 9.17) is 9.84 Å². The number of carbonyl (C=O) groups is 3. The number of aliphatic hydroxyl groups is 4. The normalized spacial score (nSPS) is 32.5. The molecule has 1 amide bonds. The number of carboxylic acids is 1. The fourth-order valence-electron chi connectivity index (χ4n) is 2.33. The summed E-state index contributed by atoms with van der Waals surface area (Å²) in [4.78, 5) is 33.1. The van der Waals surface area contributed by atoms with Gasteiger partial charge in [-0.2, -0.15) is 0 Å². The van der Waals surface area contributed by atoms with Crippen LogP contribution in [-0.4, -0.2) is 86.2 Å². The molecule has 11 heteroatoms. The molecule has 0 aromatic carbocycles. The van der Waals surface area contributed by atoms with E-state index in [1.807, 2.05) is 0 Å². The Morgan fingerprint density at radius 1 is 1.33 bits per heavy atom. The third-order valence-electron chi connectivity index (χ3n) is 3.48. The third-order valence-corrected chi connectivity index (χ3v) is 3.48. The van der Waals surface area contributed by atoms with E-state index in [0.29, 0.717) is 0 Å². The summed E-state index contributed by atoms with van der Waals surface area (Å²) in [7, 11) is 0. The highest BCUT2D eigenvalue weighted by Crippen LogP contribution is 2.30. The highest BCUT2D eigenvalue weighted by molar-refractivity contribution is 5.76. The van der Waals surface area contributed by atoms with Crippen molar-refractivity contribution in [3.63, 3.8) is 0 Å². The Kier molecular flexibility index (Phi) is 6.63. The average Bonchev–Trinajstić information content (AvgIpc) is 2.46. The predicted octanol–water partition coefficient (Wildman–Crippen LogP) is -3.30. The van der Waals surface area contributed by atoms with Gasteiger partial charge in [0.15, 0.2) is 0 Å². The van der Waals surface area contributed by atoms with Crippen molar-refractivity contribution < 1.29 is 49.4 Å². The zero-order chi connectivity index (χ0) is 18.7. The number of carbonyl (C=O) groups excluding carboxylic acids is 2. The van der Waals surface area contributed by atoms with Crippen LogP contribution in [-0.2, 0) is 23.9 Å². The number of ether oxygens (including phenoxy) is 2. The van der Waals surface area contributed by atoms with E-state index < -0.39 is 67.1 Å². The molecule has 1 rings (SSSR count). The largest absolute Gasteiger partial charge is 0.477 e. The van der Waals surface area contributed by atoms with E-state index >= 15 is 0 Å². The molecule has 0 saturated carbocycles. The van der Waals surface area contributed by atoms with Gasteiger partial charge in [-0.25, -0.2) is 4.79 Å². The smallest absolute Gasteiger partial charge is 0.364 e. The molecule has 1 fully saturated rings. The maximum absolute atomic E-state index is 11.2. The number of hydrogen-bond acceptors (Lipinski definition) is 9. The standard InChI is InChI=1S/C13H21NO10/c1-5(15)14-9-7(17)3-13(22,12(20)21)24-11(9)10(19)8(18)4-23-6(2)16/h7-11,17-19,22H,3-4H2,1-2H3,(H,14,15)(H,20,21)/t7-,8?,9+,10?,11+,13?/m0/s1. The first-order valence-corrected chi connectivity index (χ1v) is 7.06. The molecule has 1 heterocycles. The van der Waals surface area contributed by atoms with Crippen molar-refractivity contribution >= 4 is 17.8 Å². The number of amides is 1. The minimum atomic E-state index is -2.82. The first-order valence-electron chi connectivity index (χ1n) is 7.06. The van der Waals surface area contributed by atoms with Gasteiger partial charge in [-0.3, -0.25) is 9.59 Å². The summed E-state index contributed by atoms with van der Waals surface area (Å²) in [5.74, 6) is -5.97. The zero-order valence-electron chi connectivity index (χ0n) is 13.1. The predicted molar refractivity (Wildman–Crippen MR) is 74.3 cm³/mol. The van der Waals surface area contributed by atoms with Gasteiger partial charge in [-0.15, -0.1) is 0 Å². The Hall–Kier alpha value is -1.79. The topological polar surface area (TPSA) is 183 Å². The van der Waals surface area contributed by atoms with E-state index in [1.54, 1.807) is 0 Å². The second kappa shape index (κ2) is 7.85. The summed E-state index contributed by atoms with van der Waals surface area (Å²) in [5, 5.41) is 51.2. The van der Waals surface area contributed by atoms with Crippen LogP contribution in [0.25, 0.3) is 0 Å². The highest BCUT2D eigenvalue weighted by Gasteiger charge is 2.53. The van der Waals surface area contributed by atoms with Crippen molar-refractivity contribution in [2.24, 2.45) is 0 Å². The van der Waals surface area contributed by atoms with Crippen LogP contribution in [0.15, 0.2) is 0 Å². The first-order chi connectivity index (χ1) is 11.0. The molecule has 6 atom stereocenters. The van der Waals surface area contributed by atoms with Gasteiger partial charge in [0.2, 0.25) is 5.91 Å². The van der Waals surface area contributed by atoms with E-state index in [1.165, 1.54) is 0 Å². The van der Waals surface area contributed by atoms with Gasteiger partial charge < -0.3 is 40.3 Å². The Morgan fingerprint density at radius 3 is 2.38 bits per heavy atom. The van der Waals surface area contributed by atoms with Crippen LogP contribution in [0.4, 0.5) is 0 Å². The summed E-state index contributed by atoms with van der Waals surface area (Å²) < 4.78 is 9.46. The lowest BCUT2D eigenvalue weighted by molar-refractivity contribution is -0.295. The molecular formula is C13H21NO10. The molecule has 6 N–H and O–H groups in total. The first kappa shape index (κ1) is 20.3. The van der Waals surface area contributed by atoms with Crippen LogP contribution in [0.1, 0.15) is 20.3 Å². The van der Waals surface area contributed by atoms with Gasteiger partial charge in [0.05, 0.1) is 12.1 Å². The van der Waals surface area contributed by atoms with Crippen LogP contribution < -0.4 is 5.32 Å². The van der Waals surface area contributed by atoms with E-state index in [-0.39, 0.29) is 0 Å². The van der Waals surface area contributed by atoms with Crippen LogP contribution in [0, 0.1) is 0 Å². The van der Waals surface area contributed by atoms with Gasteiger partial charge in [0.25, 0.3) is 5.79 Å². The lowest BCUT2D eigenvalue weighted by Crippen LogP contribution is -2.67. The van der Waals surface area contributed by atoms with Crippen molar-refractivity contribution in [1.29, 1.82) is 0 Å². The quantitative estimate of drug-likeness (QED) is 0.265. The molecule has 24 heavy (non-hydrogen) atoms. The second-order valence-corrected chi connectivity index (χ2v) is 5.53. The van der Waals surface area contributed by atoms with Crippen molar-refractivity contribution in [3.05, 3.63) is 0 Å². The molecule has 1 aliphatic heterocycles. The molecule has 138 valence electrons. The Labute approximate surface area is 136 Å². The minimum absolute atomic E-state index is 0.616. The van der Waals surface area contributed by atoms with Gasteiger partial charge in [0, 0.05) is 20.3 Å². The van der Waals surface area contributed by atoms with Crippen molar-refractivity contribution in [2.75, 3.05) is 6.61 Å². The van der Waals surface area contributed by atoms with E-state index in [0.717, 1.165) is 13.8 Å². The number of esters is 1.